The fourth-order valence-corrected chi connectivity index (χ4v) is 3.23. The Hall–Kier alpha value is -3.19. The Balaban J connectivity index is 1.56. The minimum Gasteiger partial charge on any atom is -0.481 e. The van der Waals surface area contributed by atoms with E-state index in [0.717, 1.165) is 5.56 Å². The largest absolute Gasteiger partial charge is 0.481 e. The molecule has 0 saturated carbocycles. The van der Waals surface area contributed by atoms with Crippen LogP contribution >= 0.6 is 11.6 Å². The van der Waals surface area contributed by atoms with Crippen LogP contribution in [0.2, 0.25) is 5.02 Å². The molecule has 0 bridgehead atoms. The third-order valence-corrected chi connectivity index (χ3v) is 4.66. The lowest BCUT2D eigenvalue weighted by Gasteiger charge is -2.31. The first-order valence-corrected chi connectivity index (χ1v) is 8.63. The molecule has 3 aromatic rings. The van der Waals surface area contributed by atoms with E-state index in [9.17, 15) is 10.1 Å². The van der Waals surface area contributed by atoms with Crippen LogP contribution in [-0.2, 0) is 6.54 Å². The lowest BCUT2D eigenvalue weighted by Crippen LogP contribution is -2.37. The van der Waals surface area contributed by atoms with E-state index in [1.807, 2.05) is 43.5 Å². The van der Waals surface area contributed by atoms with Crippen molar-refractivity contribution in [3.8, 4) is 17.0 Å². The number of hydrogen-bond donors (Lipinski definition) is 0. The van der Waals surface area contributed by atoms with Crippen LogP contribution in [0.4, 0.5) is 5.69 Å². The summed E-state index contributed by atoms with van der Waals surface area (Å²) >= 11 is 6.22. The highest BCUT2D eigenvalue weighted by molar-refractivity contribution is 6.33. The molecular weight excluding hydrogens is 368 g/mol. The van der Waals surface area contributed by atoms with E-state index in [1.54, 1.807) is 16.8 Å². The van der Waals surface area contributed by atoms with Gasteiger partial charge in [-0.05, 0) is 25.1 Å². The highest BCUT2D eigenvalue weighted by Crippen LogP contribution is 2.34. The third-order valence-electron chi connectivity index (χ3n) is 4.33. The zero-order valence-corrected chi connectivity index (χ0v) is 15.1. The average Bonchev–Trinajstić information content (AvgIpc) is 3.09. The molecule has 0 aliphatic carbocycles. The zero-order valence-electron chi connectivity index (χ0n) is 14.4. The van der Waals surface area contributed by atoms with Gasteiger partial charge in [-0.2, -0.15) is 0 Å². The number of aromatic nitrogens is 3. The Morgan fingerprint density at radius 3 is 2.89 bits per heavy atom. The number of fused-ring (bicyclic) bond motifs is 1. The van der Waals surface area contributed by atoms with Crippen LogP contribution in [0.15, 0.2) is 54.7 Å². The van der Waals surface area contributed by atoms with Gasteiger partial charge in [0.2, 0.25) is 0 Å². The minimum absolute atomic E-state index is 0.0336. The van der Waals surface area contributed by atoms with Crippen LogP contribution in [-0.4, -0.2) is 25.5 Å². The van der Waals surface area contributed by atoms with Gasteiger partial charge in [-0.1, -0.05) is 41.1 Å². The molecule has 27 heavy (non-hydrogen) atoms. The van der Waals surface area contributed by atoms with Crippen molar-refractivity contribution < 1.29 is 9.66 Å². The van der Waals surface area contributed by atoms with Crippen molar-refractivity contribution >= 4 is 23.4 Å². The molecule has 1 aliphatic heterocycles. The number of benzene rings is 2. The van der Waals surface area contributed by atoms with Crippen LogP contribution in [0.1, 0.15) is 12.5 Å². The summed E-state index contributed by atoms with van der Waals surface area (Å²) in [6, 6.07) is 12.0. The Kier molecular flexibility index (Phi) is 4.16. The number of nitrogens with zero attached hydrogens (tertiary/aromatic N) is 4. The maximum absolute atomic E-state index is 10.9. The van der Waals surface area contributed by atoms with E-state index in [2.05, 4.69) is 10.3 Å². The average molecular weight is 383 g/mol. The van der Waals surface area contributed by atoms with E-state index in [0.29, 0.717) is 28.6 Å². The second-order valence-electron chi connectivity index (χ2n) is 6.51. The molecule has 0 radical (unpaired) electrons. The Morgan fingerprint density at radius 1 is 1.30 bits per heavy atom. The smallest absolute Gasteiger partial charge is 0.270 e. The lowest BCUT2D eigenvalue weighted by molar-refractivity contribution is -0.384. The highest BCUT2D eigenvalue weighted by Gasteiger charge is 2.29. The van der Waals surface area contributed by atoms with Crippen molar-refractivity contribution in [1.29, 1.82) is 0 Å². The van der Waals surface area contributed by atoms with Gasteiger partial charge in [-0.3, -0.25) is 10.1 Å². The number of halogens is 1. The molecule has 0 amide bonds. The Morgan fingerprint density at radius 2 is 2.11 bits per heavy atom. The monoisotopic (exact) mass is 382 g/mol. The van der Waals surface area contributed by atoms with Crippen LogP contribution < -0.4 is 4.74 Å². The SMILES string of the molecule is CC1(Cn2cc(-c3ccccc3Cl)nn2)C=Cc2cc([N+](=O)[O-])ccc2O1. The molecule has 0 saturated heterocycles. The second-order valence-corrected chi connectivity index (χ2v) is 6.92. The molecule has 8 heteroatoms. The molecule has 7 nitrogen and oxygen atoms in total. The molecule has 2 heterocycles. The van der Waals surface area contributed by atoms with Gasteiger partial charge in [0.15, 0.2) is 0 Å². The quantitative estimate of drug-likeness (QED) is 0.494. The van der Waals surface area contributed by atoms with Crippen molar-refractivity contribution in [2.45, 2.75) is 19.1 Å². The van der Waals surface area contributed by atoms with Gasteiger partial charge in [0.05, 0.1) is 22.7 Å². The van der Waals surface area contributed by atoms with Gasteiger partial charge in [-0.15, -0.1) is 5.10 Å². The summed E-state index contributed by atoms with van der Waals surface area (Å²) in [4.78, 5) is 10.5. The second kappa shape index (κ2) is 6.51. The number of ether oxygens (including phenoxy) is 1. The summed E-state index contributed by atoms with van der Waals surface area (Å²) in [5.41, 5.74) is 1.55. The summed E-state index contributed by atoms with van der Waals surface area (Å²) in [6.45, 7) is 2.35. The summed E-state index contributed by atoms with van der Waals surface area (Å²) in [6.07, 6.45) is 5.52. The van der Waals surface area contributed by atoms with E-state index < -0.39 is 10.5 Å². The summed E-state index contributed by atoms with van der Waals surface area (Å²) in [5.74, 6) is 0.594. The number of hydrogen-bond acceptors (Lipinski definition) is 5. The van der Waals surface area contributed by atoms with Gasteiger partial charge >= 0.3 is 0 Å². The normalized spacial score (nSPS) is 18.0. The lowest BCUT2D eigenvalue weighted by atomic mass is 10.00. The van der Waals surface area contributed by atoms with Crippen molar-refractivity contribution in [2.24, 2.45) is 0 Å². The summed E-state index contributed by atoms with van der Waals surface area (Å²) in [5, 5.41) is 19.9. The van der Waals surface area contributed by atoms with Crippen LogP contribution in [0.5, 0.6) is 5.75 Å². The standard InChI is InChI=1S/C19H15ClN4O3/c1-19(9-8-13-10-14(24(25)26)6-7-18(13)27-19)12-23-11-17(21-22-23)15-4-2-3-5-16(15)20/h2-11H,12H2,1H3. The van der Waals surface area contributed by atoms with Crippen LogP contribution in [0.25, 0.3) is 17.3 Å². The fourth-order valence-electron chi connectivity index (χ4n) is 3.00. The van der Waals surface area contributed by atoms with Gasteiger partial charge in [-0.25, -0.2) is 4.68 Å². The summed E-state index contributed by atoms with van der Waals surface area (Å²) < 4.78 is 7.77. The molecule has 0 fully saturated rings. The first kappa shape index (κ1) is 17.2. The van der Waals surface area contributed by atoms with Crippen molar-refractivity contribution in [2.75, 3.05) is 0 Å². The van der Waals surface area contributed by atoms with Crippen molar-refractivity contribution in [1.82, 2.24) is 15.0 Å². The summed E-state index contributed by atoms with van der Waals surface area (Å²) in [7, 11) is 0. The molecule has 1 atom stereocenters. The van der Waals surface area contributed by atoms with Gasteiger partial charge in [0, 0.05) is 23.3 Å². The van der Waals surface area contributed by atoms with E-state index in [1.165, 1.54) is 12.1 Å². The first-order chi connectivity index (χ1) is 12.9. The Bertz CT molecular complexity index is 1060. The van der Waals surface area contributed by atoms with Crippen molar-refractivity contribution in [3.05, 3.63) is 75.4 Å². The van der Waals surface area contributed by atoms with Gasteiger partial charge in [0.25, 0.3) is 5.69 Å². The minimum atomic E-state index is -0.658. The van der Waals surface area contributed by atoms with Gasteiger partial charge < -0.3 is 4.74 Å². The van der Waals surface area contributed by atoms with Crippen molar-refractivity contribution in [3.63, 3.8) is 0 Å². The van der Waals surface area contributed by atoms with E-state index in [-0.39, 0.29) is 5.69 Å². The molecule has 0 N–H and O–H groups in total. The predicted octanol–water partition coefficient (Wildman–Crippen LogP) is 4.37. The van der Waals surface area contributed by atoms with Crippen LogP contribution in [0.3, 0.4) is 0 Å². The maximum atomic E-state index is 10.9. The molecular formula is C19H15ClN4O3. The molecule has 136 valence electrons. The van der Waals surface area contributed by atoms with E-state index >= 15 is 0 Å². The third kappa shape index (κ3) is 3.41. The fraction of sp³-hybridized carbons (Fsp3) is 0.158. The molecule has 1 unspecified atom stereocenters. The number of non-ortho nitro benzene ring substituents is 1. The highest BCUT2D eigenvalue weighted by atomic mass is 35.5. The number of rotatable bonds is 4. The molecule has 2 aromatic carbocycles. The van der Waals surface area contributed by atoms with Crippen LogP contribution in [0, 0.1) is 10.1 Å². The Labute approximate surface area is 160 Å². The molecule has 4 rings (SSSR count). The topological polar surface area (TPSA) is 83.1 Å². The van der Waals surface area contributed by atoms with E-state index in [4.69, 9.17) is 16.3 Å². The molecule has 0 spiro atoms. The molecule has 1 aliphatic rings. The zero-order chi connectivity index (χ0) is 19.0. The predicted molar refractivity (Wildman–Crippen MR) is 102 cm³/mol. The maximum Gasteiger partial charge on any atom is 0.270 e. The first-order valence-electron chi connectivity index (χ1n) is 8.25. The number of nitro benzene ring substituents is 1. The number of nitro groups is 1. The van der Waals surface area contributed by atoms with Gasteiger partial charge in [0.1, 0.15) is 17.0 Å². The molecule has 1 aromatic heterocycles.